The Balaban J connectivity index is 1.64. The molecule has 1 aromatic carbocycles. The van der Waals surface area contributed by atoms with Gasteiger partial charge in [-0.1, -0.05) is 50.1 Å². The molecule has 1 saturated carbocycles. The number of nitrogens with zero attached hydrogens (tertiary/aromatic N) is 2. The summed E-state index contributed by atoms with van der Waals surface area (Å²) in [7, 11) is 0. The van der Waals surface area contributed by atoms with Crippen LogP contribution in [0.1, 0.15) is 50.6 Å². The molecular formula is C17H23N3O. The lowest BCUT2D eigenvalue weighted by molar-refractivity contribution is 0.175. The lowest BCUT2D eigenvalue weighted by atomic mass is 9.87. The van der Waals surface area contributed by atoms with Crippen molar-refractivity contribution in [2.45, 2.75) is 51.1 Å². The predicted octanol–water partition coefficient (Wildman–Crippen LogP) is 3.71. The van der Waals surface area contributed by atoms with Crippen LogP contribution in [-0.2, 0) is 0 Å². The summed E-state index contributed by atoms with van der Waals surface area (Å²) in [5.74, 6) is 0.705. The van der Waals surface area contributed by atoms with Gasteiger partial charge in [-0.15, -0.1) is 0 Å². The van der Waals surface area contributed by atoms with Crippen molar-refractivity contribution < 1.29 is 4.79 Å². The van der Waals surface area contributed by atoms with Crippen LogP contribution in [0.3, 0.4) is 0 Å². The summed E-state index contributed by atoms with van der Waals surface area (Å²) in [6.07, 6.45) is 7.28. The second-order valence-corrected chi connectivity index (χ2v) is 6.22. The van der Waals surface area contributed by atoms with E-state index in [0.29, 0.717) is 12.0 Å². The number of urea groups is 1. The molecule has 2 amide bonds. The lowest BCUT2D eigenvalue weighted by Gasteiger charge is -2.30. The van der Waals surface area contributed by atoms with Gasteiger partial charge in [-0.2, -0.15) is 5.10 Å². The summed E-state index contributed by atoms with van der Waals surface area (Å²) >= 11 is 0. The van der Waals surface area contributed by atoms with Crippen molar-refractivity contribution in [1.29, 1.82) is 0 Å². The van der Waals surface area contributed by atoms with Crippen molar-refractivity contribution in [2.24, 2.45) is 11.0 Å². The highest BCUT2D eigenvalue weighted by Crippen LogP contribution is 2.29. The number of nitrogens with one attached hydrogen (secondary N) is 1. The SMILES string of the molecule is CC1CCCC(NC(=O)N2N=CCC2c2ccccc2)C1. The van der Waals surface area contributed by atoms with Crippen LogP contribution in [0.2, 0.25) is 0 Å². The molecule has 0 spiro atoms. The Kier molecular flexibility index (Phi) is 4.23. The minimum Gasteiger partial charge on any atom is -0.334 e. The summed E-state index contributed by atoms with van der Waals surface area (Å²) < 4.78 is 0. The Morgan fingerprint density at radius 3 is 2.86 bits per heavy atom. The first-order valence-electron chi connectivity index (χ1n) is 7.91. The molecule has 1 aliphatic carbocycles. The Morgan fingerprint density at radius 2 is 2.10 bits per heavy atom. The van der Waals surface area contributed by atoms with Crippen LogP contribution in [0.4, 0.5) is 4.79 Å². The molecule has 1 N–H and O–H groups in total. The number of amides is 2. The van der Waals surface area contributed by atoms with Gasteiger partial charge in [0, 0.05) is 18.7 Å². The molecule has 2 aliphatic rings. The number of carbonyl (C=O) groups is 1. The maximum atomic E-state index is 12.5. The average Bonchev–Trinajstić information content (AvgIpc) is 2.98. The Morgan fingerprint density at radius 1 is 1.29 bits per heavy atom. The van der Waals surface area contributed by atoms with E-state index in [0.717, 1.165) is 24.8 Å². The highest BCUT2D eigenvalue weighted by atomic mass is 16.2. The smallest absolute Gasteiger partial charge is 0.334 e. The molecule has 0 saturated heterocycles. The fourth-order valence-corrected chi connectivity index (χ4v) is 3.37. The Bertz CT molecular complexity index is 514. The van der Waals surface area contributed by atoms with Crippen molar-refractivity contribution in [3.8, 4) is 0 Å². The van der Waals surface area contributed by atoms with Crippen molar-refractivity contribution >= 4 is 12.2 Å². The van der Waals surface area contributed by atoms with E-state index in [1.807, 2.05) is 24.4 Å². The summed E-state index contributed by atoms with van der Waals surface area (Å²) in [6, 6.07) is 10.4. The van der Waals surface area contributed by atoms with E-state index in [-0.39, 0.29) is 12.1 Å². The second kappa shape index (κ2) is 6.29. The van der Waals surface area contributed by atoms with Crippen LogP contribution in [0.5, 0.6) is 0 Å². The third kappa shape index (κ3) is 3.26. The van der Waals surface area contributed by atoms with Gasteiger partial charge in [0.25, 0.3) is 0 Å². The molecule has 3 rings (SSSR count). The molecule has 21 heavy (non-hydrogen) atoms. The van der Waals surface area contributed by atoms with Crippen LogP contribution in [-0.4, -0.2) is 23.3 Å². The highest BCUT2D eigenvalue weighted by Gasteiger charge is 2.30. The third-order valence-corrected chi connectivity index (χ3v) is 4.49. The second-order valence-electron chi connectivity index (χ2n) is 6.22. The number of benzene rings is 1. The van der Waals surface area contributed by atoms with E-state index in [1.165, 1.54) is 12.8 Å². The fraction of sp³-hybridized carbons (Fsp3) is 0.529. The first-order valence-corrected chi connectivity index (χ1v) is 7.91. The van der Waals surface area contributed by atoms with Crippen molar-refractivity contribution in [3.63, 3.8) is 0 Å². The first-order chi connectivity index (χ1) is 10.2. The van der Waals surface area contributed by atoms with Gasteiger partial charge < -0.3 is 5.32 Å². The van der Waals surface area contributed by atoms with Crippen molar-refractivity contribution in [2.75, 3.05) is 0 Å². The molecule has 4 nitrogen and oxygen atoms in total. The third-order valence-electron chi connectivity index (χ3n) is 4.49. The summed E-state index contributed by atoms with van der Waals surface area (Å²) in [4.78, 5) is 12.5. The van der Waals surface area contributed by atoms with Gasteiger partial charge >= 0.3 is 6.03 Å². The molecule has 3 unspecified atom stereocenters. The monoisotopic (exact) mass is 285 g/mol. The molecule has 0 bridgehead atoms. The number of hydrogen-bond donors (Lipinski definition) is 1. The molecule has 0 aromatic heterocycles. The summed E-state index contributed by atoms with van der Waals surface area (Å²) in [5.41, 5.74) is 1.14. The van der Waals surface area contributed by atoms with Gasteiger partial charge in [0.1, 0.15) is 0 Å². The zero-order valence-electron chi connectivity index (χ0n) is 12.5. The van der Waals surface area contributed by atoms with Crippen molar-refractivity contribution in [1.82, 2.24) is 10.3 Å². The van der Waals surface area contributed by atoms with E-state index >= 15 is 0 Å². The van der Waals surface area contributed by atoms with E-state index in [1.54, 1.807) is 5.01 Å². The molecular weight excluding hydrogens is 262 g/mol. The van der Waals surface area contributed by atoms with E-state index in [9.17, 15) is 4.79 Å². The zero-order valence-corrected chi connectivity index (χ0v) is 12.5. The van der Waals surface area contributed by atoms with Gasteiger partial charge in [-0.3, -0.25) is 0 Å². The van der Waals surface area contributed by atoms with Crippen LogP contribution in [0.15, 0.2) is 35.4 Å². The topological polar surface area (TPSA) is 44.7 Å². The maximum absolute atomic E-state index is 12.5. The van der Waals surface area contributed by atoms with Crippen LogP contribution >= 0.6 is 0 Å². The average molecular weight is 285 g/mol. The predicted molar refractivity (Wildman–Crippen MR) is 84.1 cm³/mol. The number of carbonyl (C=O) groups excluding carboxylic acids is 1. The standard InChI is InChI=1S/C17H23N3O/c1-13-6-5-9-15(12-13)19-17(21)20-16(10-11-18-20)14-7-3-2-4-8-14/h2-4,7-8,11,13,15-16H,5-6,9-10,12H2,1H3,(H,19,21). The molecule has 1 aromatic rings. The largest absolute Gasteiger partial charge is 0.338 e. The van der Waals surface area contributed by atoms with E-state index in [2.05, 4.69) is 29.5 Å². The van der Waals surface area contributed by atoms with E-state index < -0.39 is 0 Å². The number of hydrazone groups is 1. The highest BCUT2D eigenvalue weighted by molar-refractivity contribution is 5.78. The number of rotatable bonds is 2. The normalized spacial score (nSPS) is 28.6. The van der Waals surface area contributed by atoms with Gasteiger partial charge in [0.05, 0.1) is 6.04 Å². The van der Waals surface area contributed by atoms with Crippen LogP contribution in [0, 0.1) is 5.92 Å². The Labute approximate surface area is 126 Å². The van der Waals surface area contributed by atoms with Gasteiger partial charge in [-0.05, 0) is 24.3 Å². The molecule has 112 valence electrons. The fourth-order valence-electron chi connectivity index (χ4n) is 3.37. The summed E-state index contributed by atoms with van der Waals surface area (Å²) in [6.45, 7) is 2.26. The quantitative estimate of drug-likeness (QED) is 0.884. The molecule has 0 radical (unpaired) electrons. The Hall–Kier alpha value is -1.84. The van der Waals surface area contributed by atoms with Crippen LogP contribution < -0.4 is 5.32 Å². The molecule has 4 heteroatoms. The maximum Gasteiger partial charge on any atom is 0.338 e. The van der Waals surface area contributed by atoms with Gasteiger partial charge in [0.15, 0.2) is 0 Å². The van der Waals surface area contributed by atoms with Gasteiger partial charge in [0.2, 0.25) is 0 Å². The lowest BCUT2D eigenvalue weighted by Crippen LogP contribution is -2.44. The first kappa shape index (κ1) is 14.1. The molecule has 1 fully saturated rings. The minimum absolute atomic E-state index is 0.0345. The number of hydrogen-bond acceptors (Lipinski definition) is 2. The van der Waals surface area contributed by atoms with E-state index in [4.69, 9.17) is 0 Å². The minimum atomic E-state index is -0.0586. The van der Waals surface area contributed by atoms with Crippen molar-refractivity contribution in [3.05, 3.63) is 35.9 Å². The summed E-state index contributed by atoms with van der Waals surface area (Å²) in [5, 5.41) is 9.04. The zero-order chi connectivity index (χ0) is 14.7. The molecule has 1 heterocycles. The molecule has 3 atom stereocenters. The molecule has 1 aliphatic heterocycles. The van der Waals surface area contributed by atoms with Crippen LogP contribution in [0.25, 0.3) is 0 Å². The van der Waals surface area contributed by atoms with Gasteiger partial charge in [-0.25, -0.2) is 9.80 Å².